The van der Waals surface area contributed by atoms with E-state index >= 15 is 0 Å². The molecule has 5 nitrogen and oxygen atoms in total. The van der Waals surface area contributed by atoms with Gasteiger partial charge in [0.15, 0.2) is 0 Å². The maximum Gasteiger partial charge on any atom is 0.130 e. The van der Waals surface area contributed by atoms with Crippen molar-refractivity contribution >= 4 is 45.5 Å². The van der Waals surface area contributed by atoms with Crippen molar-refractivity contribution < 1.29 is 0 Å². The lowest BCUT2D eigenvalue weighted by Gasteiger charge is -2.28. The van der Waals surface area contributed by atoms with Gasteiger partial charge in [-0.15, -0.1) is 0 Å². The van der Waals surface area contributed by atoms with Crippen molar-refractivity contribution in [2.45, 2.75) is 20.0 Å². The molecule has 0 fully saturated rings. The summed E-state index contributed by atoms with van der Waals surface area (Å²) in [4.78, 5) is 9.62. The second kappa shape index (κ2) is 12.6. The Kier molecular flexibility index (Phi) is 7.71. The number of hydrogen-bond acceptors (Lipinski definition) is 5. The molecule has 8 rings (SSSR count). The molecule has 0 radical (unpaired) electrons. The molecule has 0 aromatic heterocycles. The molecule has 2 aliphatic rings. The molecule has 0 amide bonds. The van der Waals surface area contributed by atoms with Crippen molar-refractivity contribution in [2.75, 3.05) is 21.7 Å². The topological polar surface area (TPSA) is 42.9 Å². The highest BCUT2D eigenvalue weighted by Crippen LogP contribution is 2.45. The van der Waals surface area contributed by atoms with Gasteiger partial charge in [0.1, 0.15) is 6.17 Å². The molecule has 1 atom stereocenters. The van der Waals surface area contributed by atoms with Crippen LogP contribution in [0.25, 0.3) is 5.70 Å². The fourth-order valence-corrected chi connectivity index (χ4v) is 6.72. The molecule has 0 spiro atoms. The third-order valence-electron chi connectivity index (χ3n) is 9.25. The summed E-state index contributed by atoms with van der Waals surface area (Å²) in [6, 6.07) is 53.7. The highest BCUT2D eigenvalue weighted by atomic mass is 15.3. The van der Waals surface area contributed by atoms with Crippen molar-refractivity contribution in [1.29, 1.82) is 0 Å². The maximum absolute atomic E-state index is 4.91. The van der Waals surface area contributed by atoms with Gasteiger partial charge in [-0.2, -0.15) is 0 Å². The Morgan fingerprint density at radius 3 is 1.88 bits per heavy atom. The Balaban J connectivity index is 1.03. The van der Waals surface area contributed by atoms with Gasteiger partial charge < -0.3 is 20.4 Å². The van der Waals surface area contributed by atoms with E-state index in [1.54, 1.807) is 0 Å². The Morgan fingerprint density at radius 1 is 0.625 bits per heavy atom. The molecule has 5 heteroatoms. The minimum atomic E-state index is 0.00674. The quantitative estimate of drug-likeness (QED) is 0.186. The monoisotopic (exact) mass is 623 g/mol. The van der Waals surface area contributed by atoms with Crippen LogP contribution in [0.2, 0.25) is 0 Å². The highest BCUT2D eigenvalue weighted by Gasteiger charge is 2.31. The van der Waals surface area contributed by atoms with E-state index < -0.39 is 0 Å². The van der Waals surface area contributed by atoms with E-state index in [2.05, 4.69) is 186 Å². The number of fused-ring (bicyclic) bond motifs is 1. The second-order valence-corrected chi connectivity index (χ2v) is 12.3. The van der Waals surface area contributed by atoms with Crippen molar-refractivity contribution in [2.24, 2.45) is 4.99 Å². The van der Waals surface area contributed by atoms with Crippen LogP contribution in [-0.4, -0.2) is 12.3 Å². The molecule has 0 saturated carbocycles. The Morgan fingerprint density at radius 2 is 1.23 bits per heavy atom. The van der Waals surface area contributed by atoms with E-state index in [9.17, 15) is 0 Å². The van der Waals surface area contributed by atoms with E-state index in [1.165, 1.54) is 33.8 Å². The van der Waals surface area contributed by atoms with Crippen molar-refractivity contribution in [3.63, 3.8) is 0 Å². The summed E-state index contributed by atoms with van der Waals surface area (Å²) in [6.45, 7) is 4.99. The van der Waals surface area contributed by atoms with Crippen LogP contribution < -0.4 is 20.4 Å². The zero-order valence-corrected chi connectivity index (χ0v) is 27.1. The summed E-state index contributed by atoms with van der Waals surface area (Å²) < 4.78 is 0. The highest BCUT2D eigenvalue weighted by molar-refractivity contribution is 6.04. The first kappa shape index (κ1) is 29.3. The normalized spacial score (nSPS) is 15.1. The predicted molar refractivity (Wildman–Crippen MR) is 201 cm³/mol. The molecular weight excluding hydrogens is 587 g/mol. The fourth-order valence-electron chi connectivity index (χ4n) is 6.72. The van der Waals surface area contributed by atoms with Crippen molar-refractivity contribution in [3.8, 4) is 0 Å². The summed E-state index contributed by atoms with van der Waals surface area (Å²) in [5.41, 5.74) is 14.9. The van der Waals surface area contributed by atoms with Crippen molar-refractivity contribution in [3.05, 3.63) is 186 Å². The zero-order valence-electron chi connectivity index (χ0n) is 27.1. The smallest absolute Gasteiger partial charge is 0.130 e. The number of nitrogens with one attached hydrogen (secondary N) is 2. The average molecular weight is 624 g/mol. The minimum Gasteiger partial charge on any atom is -0.378 e. The second-order valence-electron chi connectivity index (χ2n) is 12.3. The number of rotatable bonds is 7. The first-order valence-corrected chi connectivity index (χ1v) is 16.5. The number of benzene rings is 6. The fraction of sp³-hybridized carbons (Fsp3) is 0.0930. The van der Waals surface area contributed by atoms with Crippen LogP contribution in [0.3, 0.4) is 0 Å². The zero-order chi connectivity index (χ0) is 32.5. The average Bonchev–Trinajstić information content (AvgIpc) is 3.54. The van der Waals surface area contributed by atoms with Gasteiger partial charge in [-0.05, 0) is 90.2 Å². The molecular formula is C43H37N5. The number of aliphatic imine (C=N–C) groups is 1. The van der Waals surface area contributed by atoms with Gasteiger partial charge in [0.25, 0.3) is 0 Å². The molecule has 1 unspecified atom stereocenters. The lowest BCUT2D eigenvalue weighted by atomic mass is 10.0. The SMILES string of the molecule is Cc1ccccc1N(c1ccc(C2=CN=C(c3ccc(C4Nc5ccccc5N4c4ccccc4)cc3)CN2)cc1)c1ccccc1C. The molecule has 48 heavy (non-hydrogen) atoms. The van der Waals surface area contributed by atoms with Crippen LogP contribution >= 0.6 is 0 Å². The minimum absolute atomic E-state index is 0.00674. The van der Waals surface area contributed by atoms with E-state index in [0.29, 0.717) is 6.54 Å². The third kappa shape index (κ3) is 5.50. The van der Waals surface area contributed by atoms with E-state index in [0.717, 1.165) is 39.6 Å². The van der Waals surface area contributed by atoms with E-state index in [1.807, 2.05) is 6.20 Å². The first-order chi connectivity index (χ1) is 23.6. The van der Waals surface area contributed by atoms with Gasteiger partial charge in [-0.3, -0.25) is 4.99 Å². The van der Waals surface area contributed by atoms with Crippen LogP contribution in [0.4, 0.5) is 34.1 Å². The van der Waals surface area contributed by atoms with Crippen molar-refractivity contribution in [1.82, 2.24) is 5.32 Å². The molecule has 6 aromatic rings. The van der Waals surface area contributed by atoms with Crippen LogP contribution in [0.5, 0.6) is 0 Å². The van der Waals surface area contributed by atoms with Crippen LogP contribution in [0.1, 0.15) is 34.0 Å². The number of anilines is 6. The molecule has 0 bridgehead atoms. The Bertz CT molecular complexity index is 2090. The predicted octanol–water partition coefficient (Wildman–Crippen LogP) is 10.4. The van der Waals surface area contributed by atoms with Crippen LogP contribution in [0.15, 0.2) is 163 Å². The molecule has 2 N–H and O–H groups in total. The number of hydrogen-bond donors (Lipinski definition) is 2. The lowest BCUT2D eigenvalue weighted by molar-refractivity contribution is 0.828. The Hall–Kier alpha value is -6.07. The molecule has 0 aliphatic carbocycles. The Labute approximate surface area is 282 Å². The molecule has 234 valence electrons. The largest absolute Gasteiger partial charge is 0.378 e. The summed E-state index contributed by atoms with van der Waals surface area (Å²) in [7, 11) is 0. The number of para-hydroxylation sites is 5. The standard InChI is InChI=1S/C43H37N5/c1-30-12-6-9-17-40(30)47(41-18-10-7-13-31(41)2)36-26-24-33(25-27-36)39-29-44-38(28-45-39)32-20-22-34(23-21-32)43-46-37-16-8-11-19-42(37)48(43)35-14-4-3-5-15-35/h3-27,29,43,45-46H,28H2,1-2H3. The van der Waals surface area contributed by atoms with Crippen LogP contribution in [-0.2, 0) is 0 Å². The third-order valence-corrected chi connectivity index (χ3v) is 9.25. The van der Waals surface area contributed by atoms with Crippen LogP contribution in [0, 0.1) is 13.8 Å². The maximum atomic E-state index is 4.91. The van der Waals surface area contributed by atoms with Gasteiger partial charge in [-0.1, -0.05) is 103 Å². The van der Waals surface area contributed by atoms with Gasteiger partial charge in [-0.25, -0.2) is 0 Å². The molecule has 0 saturated heterocycles. The van der Waals surface area contributed by atoms with Gasteiger partial charge >= 0.3 is 0 Å². The first-order valence-electron chi connectivity index (χ1n) is 16.5. The van der Waals surface area contributed by atoms with Gasteiger partial charge in [0, 0.05) is 22.7 Å². The lowest BCUT2D eigenvalue weighted by Crippen LogP contribution is -2.26. The van der Waals surface area contributed by atoms with Gasteiger partial charge in [0.2, 0.25) is 0 Å². The summed E-state index contributed by atoms with van der Waals surface area (Å²) in [6.07, 6.45) is 1.96. The van der Waals surface area contributed by atoms with E-state index in [-0.39, 0.29) is 6.17 Å². The summed E-state index contributed by atoms with van der Waals surface area (Å²) >= 11 is 0. The number of aryl methyl sites for hydroxylation is 2. The molecule has 2 aliphatic heterocycles. The van der Waals surface area contributed by atoms with E-state index in [4.69, 9.17) is 4.99 Å². The van der Waals surface area contributed by atoms with Gasteiger partial charge in [0.05, 0.1) is 35.5 Å². The molecule has 6 aromatic carbocycles. The summed E-state index contributed by atoms with van der Waals surface area (Å²) in [5.74, 6) is 0. The summed E-state index contributed by atoms with van der Waals surface area (Å²) in [5, 5.41) is 7.35. The molecule has 2 heterocycles. The number of nitrogens with zero attached hydrogens (tertiary/aromatic N) is 3.